The van der Waals surface area contributed by atoms with E-state index in [9.17, 15) is 0 Å². The number of hydrogen-bond donors (Lipinski definition) is 1. The summed E-state index contributed by atoms with van der Waals surface area (Å²) in [6.45, 7) is 5.69. The van der Waals surface area contributed by atoms with Crippen molar-refractivity contribution >= 4 is 0 Å². The minimum absolute atomic E-state index is 0.520. The Hall–Kier alpha value is -1.22. The molecule has 0 aromatic heterocycles. The molecule has 0 saturated heterocycles. The Kier molecular flexibility index (Phi) is 4.26. The highest BCUT2D eigenvalue weighted by atomic mass is 16.5. The van der Waals surface area contributed by atoms with E-state index in [1.165, 1.54) is 0 Å². The van der Waals surface area contributed by atoms with Crippen LogP contribution in [0.15, 0.2) is 18.2 Å². The number of benzene rings is 1. The van der Waals surface area contributed by atoms with Crippen LogP contribution in [0, 0.1) is 0 Å². The fourth-order valence-corrected chi connectivity index (χ4v) is 1.22. The van der Waals surface area contributed by atoms with Crippen molar-refractivity contribution in [2.24, 2.45) is 5.73 Å². The van der Waals surface area contributed by atoms with Gasteiger partial charge >= 0.3 is 0 Å². The molecule has 0 unspecified atom stereocenters. The average Bonchev–Trinajstić information content (AvgIpc) is 2.21. The highest BCUT2D eigenvalue weighted by Gasteiger charge is 2.04. The zero-order valence-corrected chi connectivity index (χ0v) is 8.75. The lowest BCUT2D eigenvalue weighted by Crippen LogP contribution is -2.01. The van der Waals surface area contributed by atoms with Crippen molar-refractivity contribution in [1.82, 2.24) is 0 Å². The number of hydrogen-bond acceptors (Lipinski definition) is 3. The van der Waals surface area contributed by atoms with Gasteiger partial charge in [0.1, 0.15) is 0 Å². The van der Waals surface area contributed by atoms with E-state index < -0.39 is 0 Å². The van der Waals surface area contributed by atoms with Crippen LogP contribution in [0.3, 0.4) is 0 Å². The normalized spacial score (nSPS) is 9.93. The predicted molar refractivity (Wildman–Crippen MR) is 56.7 cm³/mol. The Morgan fingerprint density at radius 1 is 1.07 bits per heavy atom. The van der Waals surface area contributed by atoms with Gasteiger partial charge < -0.3 is 15.2 Å². The fraction of sp³-hybridized carbons (Fsp3) is 0.455. The number of nitrogens with two attached hydrogens (primary N) is 1. The summed E-state index contributed by atoms with van der Waals surface area (Å²) >= 11 is 0. The minimum Gasteiger partial charge on any atom is -0.490 e. The maximum Gasteiger partial charge on any atom is 0.161 e. The summed E-state index contributed by atoms with van der Waals surface area (Å²) in [5.74, 6) is 1.56. The van der Waals surface area contributed by atoms with Crippen molar-refractivity contribution in [1.29, 1.82) is 0 Å². The zero-order chi connectivity index (χ0) is 10.4. The van der Waals surface area contributed by atoms with Crippen molar-refractivity contribution in [3.8, 4) is 11.5 Å². The molecule has 1 rings (SSSR count). The molecule has 0 amide bonds. The van der Waals surface area contributed by atoms with Gasteiger partial charge in [0.15, 0.2) is 11.5 Å². The van der Waals surface area contributed by atoms with Gasteiger partial charge in [-0.2, -0.15) is 0 Å². The molecule has 2 N–H and O–H groups in total. The lowest BCUT2D eigenvalue weighted by atomic mass is 10.2. The van der Waals surface area contributed by atoms with E-state index in [4.69, 9.17) is 15.2 Å². The molecule has 0 radical (unpaired) electrons. The van der Waals surface area contributed by atoms with Gasteiger partial charge in [0.25, 0.3) is 0 Å². The second-order valence-electron chi connectivity index (χ2n) is 2.85. The van der Waals surface area contributed by atoms with Gasteiger partial charge in [0, 0.05) is 6.54 Å². The van der Waals surface area contributed by atoms with Crippen molar-refractivity contribution < 1.29 is 9.47 Å². The largest absolute Gasteiger partial charge is 0.490 e. The smallest absolute Gasteiger partial charge is 0.161 e. The Morgan fingerprint density at radius 2 is 1.71 bits per heavy atom. The first kappa shape index (κ1) is 10.9. The van der Waals surface area contributed by atoms with E-state index >= 15 is 0 Å². The molecule has 0 heterocycles. The third-order valence-electron chi connectivity index (χ3n) is 1.84. The van der Waals surface area contributed by atoms with E-state index in [0.717, 1.165) is 17.1 Å². The number of ether oxygens (including phenoxy) is 2. The fourth-order valence-electron chi connectivity index (χ4n) is 1.22. The highest BCUT2D eigenvalue weighted by Crippen LogP contribution is 2.28. The molecule has 14 heavy (non-hydrogen) atoms. The summed E-state index contributed by atoms with van der Waals surface area (Å²) < 4.78 is 10.9. The van der Waals surface area contributed by atoms with Gasteiger partial charge in [-0.3, -0.25) is 0 Å². The summed E-state index contributed by atoms with van der Waals surface area (Å²) in [7, 11) is 0. The molecule has 0 fully saturated rings. The molecular weight excluding hydrogens is 178 g/mol. The Morgan fingerprint density at radius 3 is 2.29 bits per heavy atom. The van der Waals surface area contributed by atoms with Gasteiger partial charge in [0.05, 0.1) is 13.2 Å². The van der Waals surface area contributed by atoms with E-state index in [-0.39, 0.29) is 0 Å². The van der Waals surface area contributed by atoms with Gasteiger partial charge in [-0.25, -0.2) is 0 Å². The molecule has 3 heteroatoms. The maximum atomic E-state index is 5.54. The second-order valence-corrected chi connectivity index (χ2v) is 2.85. The standard InChI is InChI=1S/C11H17NO2/c1-3-13-10-6-5-9(8-12)7-11(10)14-4-2/h5-7H,3-4,8,12H2,1-2H3. The van der Waals surface area contributed by atoms with Crippen molar-refractivity contribution in [2.45, 2.75) is 20.4 Å². The quantitative estimate of drug-likeness (QED) is 0.781. The third kappa shape index (κ3) is 2.64. The molecule has 1 aromatic carbocycles. The lowest BCUT2D eigenvalue weighted by molar-refractivity contribution is 0.287. The summed E-state index contributed by atoms with van der Waals surface area (Å²) in [5.41, 5.74) is 6.60. The number of rotatable bonds is 5. The minimum atomic E-state index is 0.520. The van der Waals surface area contributed by atoms with Crippen LogP contribution in [0.2, 0.25) is 0 Å². The summed E-state index contributed by atoms with van der Waals surface area (Å²) in [4.78, 5) is 0. The monoisotopic (exact) mass is 195 g/mol. The SMILES string of the molecule is CCOc1ccc(CN)cc1OCC. The topological polar surface area (TPSA) is 44.5 Å². The van der Waals surface area contributed by atoms with Crippen LogP contribution >= 0.6 is 0 Å². The van der Waals surface area contributed by atoms with Crippen molar-refractivity contribution in [3.05, 3.63) is 23.8 Å². The van der Waals surface area contributed by atoms with E-state index in [1.807, 2.05) is 32.0 Å². The molecule has 0 aliphatic heterocycles. The van der Waals surface area contributed by atoms with E-state index in [0.29, 0.717) is 19.8 Å². The molecule has 0 saturated carbocycles. The first-order valence-electron chi connectivity index (χ1n) is 4.90. The van der Waals surface area contributed by atoms with Crippen molar-refractivity contribution in [3.63, 3.8) is 0 Å². The van der Waals surface area contributed by atoms with Crippen LogP contribution in [0.5, 0.6) is 11.5 Å². The van der Waals surface area contributed by atoms with Crippen molar-refractivity contribution in [2.75, 3.05) is 13.2 Å². The molecule has 0 bridgehead atoms. The summed E-state index contributed by atoms with van der Waals surface area (Å²) in [5, 5.41) is 0. The summed E-state index contributed by atoms with van der Waals surface area (Å²) in [6.07, 6.45) is 0. The first-order valence-corrected chi connectivity index (χ1v) is 4.90. The molecule has 0 spiro atoms. The molecule has 78 valence electrons. The molecule has 0 aliphatic rings. The van der Waals surface area contributed by atoms with Gasteiger partial charge in [-0.1, -0.05) is 6.07 Å². The molecular formula is C11H17NO2. The lowest BCUT2D eigenvalue weighted by Gasteiger charge is -2.11. The van der Waals surface area contributed by atoms with Crippen LogP contribution in [-0.4, -0.2) is 13.2 Å². The Bertz CT molecular complexity index is 287. The maximum absolute atomic E-state index is 5.54. The summed E-state index contributed by atoms with van der Waals surface area (Å²) in [6, 6.07) is 5.78. The highest BCUT2D eigenvalue weighted by molar-refractivity contribution is 5.42. The van der Waals surface area contributed by atoms with Crippen LogP contribution in [0.25, 0.3) is 0 Å². The second kappa shape index (κ2) is 5.50. The Labute approximate surface area is 84.8 Å². The van der Waals surface area contributed by atoms with Crippen LogP contribution in [0.1, 0.15) is 19.4 Å². The van der Waals surface area contributed by atoms with Crippen LogP contribution in [0.4, 0.5) is 0 Å². The van der Waals surface area contributed by atoms with E-state index in [1.54, 1.807) is 0 Å². The molecule has 1 aromatic rings. The Balaban J connectivity index is 2.91. The van der Waals surface area contributed by atoms with E-state index in [2.05, 4.69) is 0 Å². The van der Waals surface area contributed by atoms with Crippen LogP contribution in [-0.2, 0) is 6.54 Å². The molecule has 0 atom stereocenters. The predicted octanol–water partition coefficient (Wildman–Crippen LogP) is 1.94. The van der Waals surface area contributed by atoms with Crippen LogP contribution < -0.4 is 15.2 Å². The zero-order valence-electron chi connectivity index (χ0n) is 8.75. The van der Waals surface area contributed by atoms with Gasteiger partial charge in [-0.15, -0.1) is 0 Å². The molecule has 0 aliphatic carbocycles. The first-order chi connectivity index (χ1) is 6.81. The van der Waals surface area contributed by atoms with Gasteiger partial charge in [-0.05, 0) is 31.5 Å². The molecule has 3 nitrogen and oxygen atoms in total. The third-order valence-corrected chi connectivity index (χ3v) is 1.84. The average molecular weight is 195 g/mol. The van der Waals surface area contributed by atoms with Gasteiger partial charge in [0.2, 0.25) is 0 Å².